The fourth-order valence-corrected chi connectivity index (χ4v) is 2.21. The third-order valence-electron chi connectivity index (χ3n) is 3.23. The number of rotatable bonds is 5. The molecule has 0 unspecified atom stereocenters. The van der Waals surface area contributed by atoms with Gasteiger partial charge in [0.25, 0.3) is 0 Å². The van der Waals surface area contributed by atoms with Gasteiger partial charge in [-0.2, -0.15) is 0 Å². The molecule has 2 aromatic carbocycles. The Morgan fingerprint density at radius 1 is 1.00 bits per heavy atom. The quantitative estimate of drug-likeness (QED) is 0.555. The van der Waals surface area contributed by atoms with Gasteiger partial charge in [-0.3, -0.25) is 4.98 Å². The Balaban J connectivity index is 1.65. The molecule has 4 nitrogen and oxygen atoms in total. The van der Waals surface area contributed by atoms with Crippen molar-refractivity contribution in [3.63, 3.8) is 0 Å². The van der Waals surface area contributed by atoms with Gasteiger partial charge in [0.15, 0.2) is 0 Å². The molecule has 106 valence electrons. The van der Waals surface area contributed by atoms with E-state index in [-0.39, 0.29) is 0 Å². The van der Waals surface area contributed by atoms with Gasteiger partial charge in [-0.25, -0.2) is 0 Å². The second-order valence-corrected chi connectivity index (χ2v) is 4.69. The van der Waals surface area contributed by atoms with Crippen LogP contribution in [0.15, 0.2) is 60.8 Å². The minimum Gasteiger partial charge on any atom is -0.492 e. The summed E-state index contributed by atoms with van der Waals surface area (Å²) < 4.78 is 5.66. The Morgan fingerprint density at radius 3 is 2.71 bits per heavy atom. The number of ether oxygens (including phenoxy) is 1. The van der Waals surface area contributed by atoms with Gasteiger partial charge >= 0.3 is 0 Å². The molecular weight excluding hydrogens is 262 g/mol. The van der Waals surface area contributed by atoms with Crippen LogP contribution in [-0.4, -0.2) is 18.1 Å². The summed E-state index contributed by atoms with van der Waals surface area (Å²) in [5, 5.41) is 4.31. The number of hydrogen-bond donors (Lipinski definition) is 2. The van der Waals surface area contributed by atoms with Gasteiger partial charge < -0.3 is 15.8 Å². The minimum atomic E-state index is 0.586. The lowest BCUT2D eigenvalue weighted by molar-refractivity contribution is 0.333. The third-order valence-corrected chi connectivity index (χ3v) is 3.23. The lowest BCUT2D eigenvalue weighted by atomic mass is 10.1. The van der Waals surface area contributed by atoms with E-state index in [0.29, 0.717) is 13.2 Å². The van der Waals surface area contributed by atoms with Crippen LogP contribution >= 0.6 is 0 Å². The normalized spacial score (nSPS) is 10.5. The van der Waals surface area contributed by atoms with Crippen LogP contribution in [-0.2, 0) is 0 Å². The van der Waals surface area contributed by atoms with Crippen LogP contribution in [0.25, 0.3) is 10.9 Å². The molecule has 1 heterocycles. The highest BCUT2D eigenvalue weighted by atomic mass is 16.5. The Labute approximate surface area is 123 Å². The lowest BCUT2D eigenvalue weighted by Crippen LogP contribution is -2.12. The standard InChI is InChI=1S/C17H17N3O/c18-15-8-9-16(17-14(15)7-4-10-20-17)19-11-12-21-13-5-2-1-3-6-13/h1-10,19H,11-12,18H2. The molecule has 4 heteroatoms. The van der Waals surface area contributed by atoms with Crippen LogP contribution in [0.5, 0.6) is 5.75 Å². The number of nitrogens with zero attached hydrogens (tertiary/aromatic N) is 1. The molecule has 0 amide bonds. The molecule has 21 heavy (non-hydrogen) atoms. The highest BCUT2D eigenvalue weighted by Crippen LogP contribution is 2.25. The SMILES string of the molecule is Nc1ccc(NCCOc2ccccc2)c2ncccc12. The molecule has 0 radical (unpaired) electrons. The summed E-state index contributed by atoms with van der Waals surface area (Å²) in [5.41, 5.74) is 8.56. The Bertz CT molecular complexity index is 728. The summed E-state index contributed by atoms with van der Waals surface area (Å²) >= 11 is 0. The van der Waals surface area contributed by atoms with E-state index >= 15 is 0 Å². The summed E-state index contributed by atoms with van der Waals surface area (Å²) in [6.07, 6.45) is 1.77. The fraction of sp³-hybridized carbons (Fsp3) is 0.118. The molecule has 0 atom stereocenters. The Morgan fingerprint density at radius 2 is 1.86 bits per heavy atom. The molecule has 3 N–H and O–H groups in total. The average Bonchev–Trinajstić information content (AvgIpc) is 2.55. The number of nitrogen functional groups attached to an aromatic ring is 1. The zero-order chi connectivity index (χ0) is 14.5. The number of aromatic nitrogens is 1. The van der Waals surface area contributed by atoms with E-state index in [1.54, 1.807) is 6.20 Å². The van der Waals surface area contributed by atoms with Crippen molar-refractivity contribution in [2.24, 2.45) is 0 Å². The van der Waals surface area contributed by atoms with Crippen LogP contribution in [0.2, 0.25) is 0 Å². The molecule has 0 bridgehead atoms. The lowest BCUT2D eigenvalue weighted by Gasteiger charge is -2.11. The molecule has 3 aromatic rings. The fourth-order valence-electron chi connectivity index (χ4n) is 2.21. The van der Waals surface area contributed by atoms with Crippen molar-refractivity contribution in [2.45, 2.75) is 0 Å². The number of nitrogens with one attached hydrogen (secondary N) is 1. The van der Waals surface area contributed by atoms with Crippen LogP contribution in [0, 0.1) is 0 Å². The summed E-state index contributed by atoms with van der Waals surface area (Å²) in [6.45, 7) is 1.28. The highest BCUT2D eigenvalue weighted by molar-refractivity contribution is 5.98. The number of fused-ring (bicyclic) bond motifs is 1. The number of anilines is 2. The predicted molar refractivity (Wildman–Crippen MR) is 86.6 cm³/mol. The zero-order valence-electron chi connectivity index (χ0n) is 11.6. The first kappa shape index (κ1) is 13.2. The maximum absolute atomic E-state index is 5.96. The van der Waals surface area contributed by atoms with Gasteiger partial charge in [0.05, 0.1) is 11.2 Å². The summed E-state index contributed by atoms with van der Waals surface area (Å²) in [6, 6.07) is 17.5. The first-order valence-electron chi connectivity index (χ1n) is 6.89. The van der Waals surface area contributed by atoms with Crippen LogP contribution < -0.4 is 15.8 Å². The first-order chi connectivity index (χ1) is 10.3. The molecular formula is C17H17N3O. The van der Waals surface area contributed by atoms with Crippen molar-refractivity contribution >= 4 is 22.3 Å². The van der Waals surface area contributed by atoms with Crippen LogP contribution in [0.4, 0.5) is 11.4 Å². The maximum atomic E-state index is 5.96. The van der Waals surface area contributed by atoms with E-state index in [2.05, 4.69) is 10.3 Å². The third kappa shape index (κ3) is 3.05. The number of pyridine rings is 1. The van der Waals surface area contributed by atoms with Crippen molar-refractivity contribution < 1.29 is 4.74 Å². The van der Waals surface area contributed by atoms with E-state index in [9.17, 15) is 0 Å². The molecule has 3 rings (SSSR count). The predicted octanol–water partition coefficient (Wildman–Crippen LogP) is 3.31. The van der Waals surface area contributed by atoms with Gasteiger partial charge in [0.2, 0.25) is 0 Å². The summed E-state index contributed by atoms with van der Waals surface area (Å²) in [5.74, 6) is 0.875. The summed E-state index contributed by atoms with van der Waals surface area (Å²) in [7, 11) is 0. The molecule has 0 spiro atoms. The van der Waals surface area contributed by atoms with Crippen molar-refractivity contribution in [3.8, 4) is 5.75 Å². The topological polar surface area (TPSA) is 60.2 Å². The van der Waals surface area contributed by atoms with E-state index < -0.39 is 0 Å². The van der Waals surface area contributed by atoms with Crippen LogP contribution in [0.3, 0.4) is 0 Å². The van der Waals surface area contributed by atoms with E-state index in [0.717, 1.165) is 28.0 Å². The van der Waals surface area contributed by atoms with Crippen molar-refractivity contribution in [1.82, 2.24) is 4.98 Å². The average molecular weight is 279 g/mol. The minimum absolute atomic E-state index is 0.586. The first-order valence-corrected chi connectivity index (χ1v) is 6.89. The number of para-hydroxylation sites is 1. The van der Waals surface area contributed by atoms with Gasteiger partial charge in [0.1, 0.15) is 12.4 Å². The molecule has 0 aliphatic carbocycles. The second kappa shape index (κ2) is 6.13. The van der Waals surface area contributed by atoms with Crippen molar-refractivity contribution in [2.75, 3.05) is 24.2 Å². The van der Waals surface area contributed by atoms with Gasteiger partial charge in [-0.05, 0) is 36.4 Å². The van der Waals surface area contributed by atoms with E-state index in [1.165, 1.54) is 0 Å². The highest BCUT2D eigenvalue weighted by Gasteiger charge is 2.04. The maximum Gasteiger partial charge on any atom is 0.119 e. The molecule has 0 saturated carbocycles. The monoisotopic (exact) mass is 279 g/mol. The number of nitrogens with two attached hydrogens (primary N) is 1. The number of benzene rings is 2. The summed E-state index contributed by atoms with van der Waals surface area (Å²) in [4.78, 5) is 4.40. The Kier molecular flexibility index (Phi) is 3.87. The van der Waals surface area contributed by atoms with E-state index in [1.807, 2.05) is 54.6 Å². The Hall–Kier alpha value is -2.75. The van der Waals surface area contributed by atoms with Gasteiger partial charge in [-0.1, -0.05) is 18.2 Å². The van der Waals surface area contributed by atoms with Crippen LogP contribution in [0.1, 0.15) is 0 Å². The van der Waals surface area contributed by atoms with Crippen molar-refractivity contribution in [1.29, 1.82) is 0 Å². The molecule has 1 aromatic heterocycles. The second-order valence-electron chi connectivity index (χ2n) is 4.69. The molecule has 0 saturated heterocycles. The zero-order valence-corrected chi connectivity index (χ0v) is 11.6. The molecule has 0 aliphatic heterocycles. The smallest absolute Gasteiger partial charge is 0.119 e. The molecule has 0 fully saturated rings. The van der Waals surface area contributed by atoms with E-state index in [4.69, 9.17) is 10.5 Å². The molecule has 0 aliphatic rings. The largest absolute Gasteiger partial charge is 0.492 e. The van der Waals surface area contributed by atoms with Crippen molar-refractivity contribution in [3.05, 3.63) is 60.8 Å². The number of hydrogen-bond acceptors (Lipinski definition) is 4. The van der Waals surface area contributed by atoms with Gasteiger partial charge in [0, 0.05) is 23.8 Å². The van der Waals surface area contributed by atoms with Gasteiger partial charge in [-0.15, -0.1) is 0 Å².